The van der Waals surface area contributed by atoms with Crippen molar-refractivity contribution in [2.75, 3.05) is 25.7 Å². The molecule has 0 aliphatic rings. The summed E-state index contributed by atoms with van der Waals surface area (Å²) in [6, 6.07) is 0. The quantitative estimate of drug-likeness (QED) is 0.382. The maximum absolute atomic E-state index is 11.4. The number of carbonyl (C=O) groups is 2. The second-order valence-electron chi connectivity index (χ2n) is 2.76. The van der Waals surface area contributed by atoms with Gasteiger partial charge in [0, 0.05) is 10.9 Å². The molecule has 14 heavy (non-hydrogen) atoms. The number of hydrogen-bond acceptors (Lipinski definition) is 4. The van der Waals surface area contributed by atoms with Gasteiger partial charge in [0.05, 0.1) is 25.7 Å². The van der Waals surface area contributed by atoms with Crippen LogP contribution in [0.15, 0.2) is 0 Å². The molecule has 0 N–H and O–H groups in total. The van der Waals surface area contributed by atoms with Gasteiger partial charge in [-0.3, -0.25) is 0 Å². The Morgan fingerprint density at radius 2 is 1.43 bits per heavy atom. The van der Waals surface area contributed by atoms with Gasteiger partial charge >= 0.3 is 17.2 Å². The number of carbonyl (C=O) groups excluding carboxylic acids is 2. The highest BCUT2D eigenvalue weighted by Crippen LogP contribution is 2.05. The molecule has 0 atom stereocenters. The first-order valence-electron chi connectivity index (χ1n) is 4.44. The Kier molecular flexibility index (Phi) is 6.36. The minimum atomic E-state index is -0.769. The predicted molar refractivity (Wildman–Crippen MR) is 56.3 cm³/mol. The largest absolute Gasteiger partial charge is 0.462 e. The SMILES string of the molecule is CCOC(=O)C(C(=O)OCC)[S+](C)C. The Hall–Kier alpha value is -0.710. The third-order valence-electron chi connectivity index (χ3n) is 1.47. The highest BCUT2D eigenvalue weighted by Gasteiger charge is 2.40. The second-order valence-corrected chi connectivity index (χ2v) is 4.99. The van der Waals surface area contributed by atoms with E-state index in [1.165, 1.54) is 0 Å². The van der Waals surface area contributed by atoms with Gasteiger partial charge in [0.2, 0.25) is 0 Å². The molecule has 0 radical (unpaired) electrons. The third-order valence-corrected chi connectivity index (χ3v) is 2.80. The Balaban J connectivity index is 4.42. The Morgan fingerprint density at radius 1 is 1.07 bits per heavy atom. The molecule has 0 aromatic heterocycles. The first-order valence-corrected chi connectivity index (χ1v) is 6.54. The zero-order valence-corrected chi connectivity index (χ0v) is 9.85. The van der Waals surface area contributed by atoms with Crippen molar-refractivity contribution in [1.82, 2.24) is 0 Å². The van der Waals surface area contributed by atoms with E-state index >= 15 is 0 Å². The summed E-state index contributed by atoms with van der Waals surface area (Å²) in [7, 11) is -0.366. The average Bonchev–Trinajstić information content (AvgIpc) is 2.04. The summed E-state index contributed by atoms with van der Waals surface area (Å²) >= 11 is 0. The van der Waals surface area contributed by atoms with Crippen LogP contribution in [0.25, 0.3) is 0 Å². The number of hydrogen-bond donors (Lipinski definition) is 0. The molecule has 0 saturated heterocycles. The van der Waals surface area contributed by atoms with Crippen molar-refractivity contribution < 1.29 is 19.1 Å². The summed E-state index contributed by atoms with van der Waals surface area (Å²) in [5.41, 5.74) is 0. The Morgan fingerprint density at radius 3 is 1.64 bits per heavy atom. The van der Waals surface area contributed by atoms with Crippen LogP contribution in [0.2, 0.25) is 0 Å². The Bertz CT molecular complexity index is 185. The van der Waals surface area contributed by atoms with Gasteiger partial charge in [0.15, 0.2) is 0 Å². The molecule has 0 aliphatic heterocycles. The van der Waals surface area contributed by atoms with Gasteiger partial charge in [-0.1, -0.05) is 0 Å². The number of esters is 2. The highest BCUT2D eigenvalue weighted by atomic mass is 32.2. The molecule has 0 aromatic carbocycles. The predicted octanol–water partition coefficient (Wildman–Crippen LogP) is 0.359. The van der Waals surface area contributed by atoms with E-state index in [4.69, 9.17) is 9.47 Å². The molecule has 0 heterocycles. The van der Waals surface area contributed by atoms with E-state index in [2.05, 4.69) is 0 Å². The second kappa shape index (κ2) is 6.70. The standard InChI is InChI=1S/C9H17O4S/c1-5-12-8(10)7(14(3)4)9(11)13-6-2/h7H,5-6H2,1-4H3/q+1. The van der Waals surface area contributed by atoms with Crippen LogP contribution >= 0.6 is 0 Å². The molecule has 0 saturated carbocycles. The smallest absolute Gasteiger partial charge is 0.371 e. The highest BCUT2D eigenvalue weighted by molar-refractivity contribution is 7.97. The fourth-order valence-corrected chi connectivity index (χ4v) is 1.82. The molecule has 0 rings (SSSR count). The van der Waals surface area contributed by atoms with E-state index in [1.54, 1.807) is 13.8 Å². The summed E-state index contributed by atoms with van der Waals surface area (Å²) in [5, 5.41) is -0.769. The fraction of sp³-hybridized carbons (Fsp3) is 0.778. The van der Waals surface area contributed by atoms with Crippen LogP contribution in [-0.2, 0) is 30.0 Å². The van der Waals surface area contributed by atoms with Gasteiger partial charge in [0.1, 0.15) is 0 Å². The van der Waals surface area contributed by atoms with Gasteiger partial charge in [0.25, 0.3) is 0 Å². The molecule has 82 valence electrons. The van der Waals surface area contributed by atoms with Crippen LogP contribution in [0.1, 0.15) is 13.8 Å². The van der Waals surface area contributed by atoms with Crippen molar-refractivity contribution in [1.29, 1.82) is 0 Å². The topological polar surface area (TPSA) is 52.6 Å². The summed E-state index contributed by atoms with van der Waals surface area (Å²) in [5.74, 6) is -0.974. The van der Waals surface area contributed by atoms with Crippen molar-refractivity contribution in [2.24, 2.45) is 0 Å². The zero-order valence-electron chi connectivity index (χ0n) is 9.03. The van der Waals surface area contributed by atoms with E-state index in [-0.39, 0.29) is 24.1 Å². The number of rotatable bonds is 5. The van der Waals surface area contributed by atoms with E-state index < -0.39 is 17.2 Å². The van der Waals surface area contributed by atoms with Crippen LogP contribution in [0.4, 0.5) is 0 Å². The lowest BCUT2D eigenvalue weighted by atomic mass is 10.4. The summed E-state index contributed by atoms with van der Waals surface area (Å²) in [6.45, 7) is 3.99. The molecule has 4 nitrogen and oxygen atoms in total. The monoisotopic (exact) mass is 221 g/mol. The van der Waals surface area contributed by atoms with Gasteiger partial charge in [-0.15, -0.1) is 0 Å². The molecule has 0 fully saturated rings. The zero-order chi connectivity index (χ0) is 11.1. The molecule has 0 amide bonds. The molecule has 5 heteroatoms. The first kappa shape index (κ1) is 13.3. The molecule has 0 aromatic rings. The molecular formula is C9H17O4S+. The van der Waals surface area contributed by atoms with E-state index in [0.29, 0.717) is 0 Å². The molecule has 0 unspecified atom stereocenters. The fourth-order valence-electron chi connectivity index (χ4n) is 0.917. The summed E-state index contributed by atoms with van der Waals surface area (Å²) in [4.78, 5) is 22.8. The lowest BCUT2D eigenvalue weighted by molar-refractivity contribution is -0.153. The molecule has 0 aliphatic carbocycles. The Labute approximate surface area is 87.3 Å². The third kappa shape index (κ3) is 4.00. The van der Waals surface area contributed by atoms with Crippen LogP contribution in [0, 0.1) is 0 Å². The molecular weight excluding hydrogens is 204 g/mol. The average molecular weight is 221 g/mol. The van der Waals surface area contributed by atoms with E-state index in [1.807, 2.05) is 12.5 Å². The summed E-state index contributed by atoms with van der Waals surface area (Å²) in [6.07, 6.45) is 3.64. The van der Waals surface area contributed by atoms with Crippen molar-refractivity contribution >= 4 is 22.8 Å². The van der Waals surface area contributed by atoms with Crippen molar-refractivity contribution in [3.63, 3.8) is 0 Å². The normalized spacial score (nSPS) is 10.4. The van der Waals surface area contributed by atoms with Crippen LogP contribution in [-0.4, -0.2) is 42.9 Å². The van der Waals surface area contributed by atoms with Crippen LogP contribution < -0.4 is 0 Å². The lowest BCUT2D eigenvalue weighted by Crippen LogP contribution is -2.39. The van der Waals surface area contributed by atoms with E-state index in [9.17, 15) is 9.59 Å². The maximum Gasteiger partial charge on any atom is 0.371 e. The van der Waals surface area contributed by atoms with Gasteiger partial charge in [-0.05, 0) is 13.8 Å². The minimum Gasteiger partial charge on any atom is -0.462 e. The van der Waals surface area contributed by atoms with Gasteiger partial charge in [-0.25, -0.2) is 9.59 Å². The first-order chi connectivity index (χ1) is 6.54. The van der Waals surface area contributed by atoms with Gasteiger partial charge < -0.3 is 9.47 Å². The number of ether oxygens (including phenoxy) is 2. The molecule has 0 spiro atoms. The van der Waals surface area contributed by atoms with Gasteiger partial charge in [-0.2, -0.15) is 0 Å². The lowest BCUT2D eigenvalue weighted by Gasteiger charge is -2.10. The van der Waals surface area contributed by atoms with Crippen molar-refractivity contribution in [3.05, 3.63) is 0 Å². The van der Waals surface area contributed by atoms with E-state index in [0.717, 1.165) is 0 Å². The van der Waals surface area contributed by atoms with Crippen LogP contribution in [0.5, 0.6) is 0 Å². The van der Waals surface area contributed by atoms with Crippen molar-refractivity contribution in [2.45, 2.75) is 19.1 Å². The van der Waals surface area contributed by atoms with Crippen LogP contribution in [0.3, 0.4) is 0 Å². The van der Waals surface area contributed by atoms with Crippen molar-refractivity contribution in [3.8, 4) is 0 Å². The molecule has 0 bridgehead atoms. The maximum atomic E-state index is 11.4. The summed E-state index contributed by atoms with van der Waals surface area (Å²) < 4.78 is 9.60. The minimum absolute atomic E-state index is 0.284.